The molecule has 114 valence electrons. The Bertz CT molecular complexity index is 558. The lowest BCUT2D eigenvalue weighted by Crippen LogP contribution is -2.37. The molecule has 21 heavy (non-hydrogen) atoms. The number of thioether (sulfide) groups is 1. The molecule has 2 heterocycles. The van der Waals surface area contributed by atoms with Crippen LogP contribution in [0.1, 0.15) is 41.5 Å². The highest BCUT2D eigenvalue weighted by Gasteiger charge is 2.33. The highest BCUT2D eigenvalue weighted by molar-refractivity contribution is 8.00. The van der Waals surface area contributed by atoms with Gasteiger partial charge in [-0.15, -0.1) is 22.7 Å². The van der Waals surface area contributed by atoms with E-state index in [9.17, 15) is 0 Å². The second kappa shape index (κ2) is 7.05. The fraction of sp³-hybridized carbons (Fsp3) is 0.500. The minimum absolute atomic E-state index is 0.284. The largest absolute Gasteiger partial charge is 0.304 e. The minimum atomic E-state index is 0.284. The maximum absolute atomic E-state index is 6.14. The third kappa shape index (κ3) is 3.67. The summed E-state index contributed by atoms with van der Waals surface area (Å²) in [5.41, 5.74) is 0. The van der Waals surface area contributed by atoms with Crippen LogP contribution in [0.15, 0.2) is 29.6 Å². The van der Waals surface area contributed by atoms with Gasteiger partial charge in [-0.05, 0) is 42.7 Å². The lowest BCUT2D eigenvalue weighted by Gasteiger charge is -2.29. The molecule has 0 aromatic carbocycles. The van der Waals surface area contributed by atoms with Crippen LogP contribution in [0.3, 0.4) is 0 Å². The number of thiophene rings is 2. The van der Waals surface area contributed by atoms with Crippen molar-refractivity contribution in [2.75, 3.05) is 12.8 Å². The van der Waals surface area contributed by atoms with Crippen LogP contribution in [0.2, 0.25) is 4.34 Å². The van der Waals surface area contributed by atoms with Crippen molar-refractivity contribution in [3.05, 3.63) is 43.7 Å². The van der Waals surface area contributed by atoms with E-state index in [4.69, 9.17) is 11.6 Å². The summed E-state index contributed by atoms with van der Waals surface area (Å²) in [6.07, 6.45) is 7.68. The Morgan fingerprint density at radius 3 is 2.67 bits per heavy atom. The summed E-state index contributed by atoms with van der Waals surface area (Å²) in [5.74, 6) is 0. The molecule has 0 saturated heterocycles. The number of rotatable bonds is 6. The predicted octanol–water partition coefficient (Wildman–Crippen LogP) is 5.82. The molecule has 1 aliphatic carbocycles. The SMILES string of the molecule is CSC1(CNC(c2cccs2)c2ccc(Cl)s2)CCCC1. The van der Waals surface area contributed by atoms with Crippen LogP contribution in [0.25, 0.3) is 0 Å². The fourth-order valence-electron chi connectivity index (χ4n) is 3.04. The van der Waals surface area contributed by atoms with Crippen LogP contribution in [-0.4, -0.2) is 17.5 Å². The molecule has 0 radical (unpaired) electrons. The number of halogens is 1. The Morgan fingerprint density at radius 1 is 1.29 bits per heavy atom. The molecule has 0 bridgehead atoms. The highest BCUT2D eigenvalue weighted by Crippen LogP contribution is 2.41. The zero-order chi connectivity index (χ0) is 14.7. The van der Waals surface area contributed by atoms with E-state index < -0.39 is 0 Å². The molecule has 2 aromatic rings. The van der Waals surface area contributed by atoms with Gasteiger partial charge < -0.3 is 5.32 Å². The molecule has 1 N–H and O–H groups in total. The van der Waals surface area contributed by atoms with Crippen molar-refractivity contribution in [3.8, 4) is 0 Å². The van der Waals surface area contributed by atoms with Gasteiger partial charge in [0.25, 0.3) is 0 Å². The Labute approximate surface area is 144 Å². The molecule has 0 spiro atoms. The van der Waals surface area contributed by atoms with Crippen molar-refractivity contribution in [1.82, 2.24) is 5.32 Å². The summed E-state index contributed by atoms with van der Waals surface area (Å²) in [6, 6.07) is 8.79. The zero-order valence-corrected chi connectivity index (χ0v) is 15.3. The summed E-state index contributed by atoms with van der Waals surface area (Å²) in [7, 11) is 0. The van der Waals surface area contributed by atoms with Crippen molar-refractivity contribution >= 4 is 46.0 Å². The third-order valence-corrected chi connectivity index (χ3v) is 7.93. The molecule has 3 rings (SSSR count). The first kappa shape index (κ1) is 15.9. The van der Waals surface area contributed by atoms with E-state index in [1.165, 1.54) is 35.4 Å². The molecule has 1 atom stereocenters. The lowest BCUT2D eigenvalue weighted by molar-refractivity contribution is 0.507. The van der Waals surface area contributed by atoms with Gasteiger partial charge in [0.15, 0.2) is 0 Å². The van der Waals surface area contributed by atoms with Crippen LogP contribution < -0.4 is 5.32 Å². The fourth-order valence-corrected chi connectivity index (χ4v) is 6.01. The maximum Gasteiger partial charge on any atom is 0.0931 e. The molecular formula is C16H20ClNS3. The summed E-state index contributed by atoms with van der Waals surface area (Å²) < 4.78 is 1.30. The third-order valence-electron chi connectivity index (χ3n) is 4.28. The average Bonchev–Trinajstić information content (AvgIpc) is 3.22. The van der Waals surface area contributed by atoms with Gasteiger partial charge in [-0.1, -0.05) is 30.5 Å². The quantitative estimate of drug-likeness (QED) is 0.699. The van der Waals surface area contributed by atoms with Gasteiger partial charge in [0, 0.05) is 21.0 Å². The van der Waals surface area contributed by atoms with Gasteiger partial charge in [0.1, 0.15) is 0 Å². The molecule has 1 aliphatic rings. The standard InChI is InChI=1S/C16H20ClNS3/c1-19-16(8-2-3-9-16)11-18-15(12-5-4-10-20-12)13-6-7-14(17)21-13/h4-7,10,15,18H,2-3,8-9,11H2,1H3. The Kier molecular flexibility index (Phi) is 5.33. The Morgan fingerprint density at radius 2 is 2.10 bits per heavy atom. The Hall–Kier alpha value is -0.0000000000000000278. The zero-order valence-electron chi connectivity index (χ0n) is 12.1. The first-order valence-electron chi connectivity index (χ1n) is 7.30. The topological polar surface area (TPSA) is 12.0 Å². The summed E-state index contributed by atoms with van der Waals surface area (Å²) in [6.45, 7) is 1.08. The van der Waals surface area contributed by atoms with Gasteiger partial charge in [0.2, 0.25) is 0 Å². The lowest BCUT2D eigenvalue weighted by atomic mass is 10.1. The minimum Gasteiger partial charge on any atom is -0.304 e. The summed E-state index contributed by atoms with van der Waals surface area (Å²) >= 11 is 11.7. The maximum atomic E-state index is 6.14. The van der Waals surface area contributed by atoms with Gasteiger partial charge >= 0.3 is 0 Å². The van der Waals surface area contributed by atoms with E-state index in [-0.39, 0.29) is 6.04 Å². The van der Waals surface area contributed by atoms with Crippen LogP contribution in [0.4, 0.5) is 0 Å². The van der Waals surface area contributed by atoms with E-state index in [1.54, 1.807) is 11.3 Å². The van der Waals surface area contributed by atoms with Crippen LogP contribution >= 0.6 is 46.0 Å². The predicted molar refractivity (Wildman–Crippen MR) is 98.2 cm³/mol. The van der Waals surface area contributed by atoms with Crippen LogP contribution in [0.5, 0.6) is 0 Å². The smallest absolute Gasteiger partial charge is 0.0931 e. The van der Waals surface area contributed by atoms with Crippen molar-refractivity contribution < 1.29 is 0 Å². The van der Waals surface area contributed by atoms with E-state index in [2.05, 4.69) is 35.2 Å². The molecule has 0 amide bonds. The number of hydrogen-bond donors (Lipinski definition) is 1. The van der Waals surface area contributed by atoms with Crippen molar-refractivity contribution in [2.24, 2.45) is 0 Å². The summed E-state index contributed by atoms with van der Waals surface area (Å²) in [5, 5.41) is 5.98. The van der Waals surface area contributed by atoms with Crippen molar-refractivity contribution in [1.29, 1.82) is 0 Å². The molecule has 1 nitrogen and oxygen atoms in total. The van der Waals surface area contributed by atoms with E-state index in [0.29, 0.717) is 4.75 Å². The molecule has 1 fully saturated rings. The van der Waals surface area contributed by atoms with Gasteiger partial charge in [0.05, 0.1) is 10.4 Å². The number of hydrogen-bond acceptors (Lipinski definition) is 4. The van der Waals surface area contributed by atoms with Gasteiger partial charge in [-0.25, -0.2) is 0 Å². The molecule has 2 aromatic heterocycles. The normalized spacial score (nSPS) is 19.0. The van der Waals surface area contributed by atoms with Crippen LogP contribution in [-0.2, 0) is 0 Å². The Balaban J connectivity index is 1.77. The van der Waals surface area contributed by atoms with Crippen molar-refractivity contribution in [2.45, 2.75) is 36.5 Å². The molecular weight excluding hydrogens is 338 g/mol. The monoisotopic (exact) mass is 357 g/mol. The van der Waals surface area contributed by atoms with Crippen molar-refractivity contribution in [3.63, 3.8) is 0 Å². The second-order valence-electron chi connectivity index (χ2n) is 5.57. The van der Waals surface area contributed by atoms with Gasteiger partial charge in [-0.3, -0.25) is 0 Å². The molecule has 1 unspecified atom stereocenters. The summed E-state index contributed by atoms with van der Waals surface area (Å²) in [4.78, 5) is 2.69. The van der Waals surface area contributed by atoms with Gasteiger partial charge in [-0.2, -0.15) is 11.8 Å². The van der Waals surface area contributed by atoms with E-state index >= 15 is 0 Å². The number of nitrogens with one attached hydrogen (secondary N) is 1. The molecule has 5 heteroatoms. The average molecular weight is 358 g/mol. The highest BCUT2D eigenvalue weighted by atomic mass is 35.5. The van der Waals surface area contributed by atoms with E-state index in [1.807, 2.05) is 29.2 Å². The van der Waals surface area contributed by atoms with E-state index in [0.717, 1.165) is 10.9 Å². The van der Waals surface area contributed by atoms with Crippen LogP contribution in [0, 0.1) is 0 Å². The first-order valence-corrected chi connectivity index (χ1v) is 10.6. The second-order valence-corrected chi connectivity index (χ2v) is 9.57. The first-order chi connectivity index (χ1) is 10.2. The molecule has 0 aliphatic heterocycles. The molecule has 1 saturated carbocycles.